The first-order valence-corrected chi connectivity index (χ1v) is 8.55. The van der Waals surface area contributed by atoms with Crippen molar-refractivity contribution in [1.82, 2.24) is 0 Å². The fourth-order valence-corrected chi connectivity index (χ4v) is 3.16. The topological polar surface area (TPSA) is 38.3 Å². The predicted octanol–water partition coefficient (Wildman–Crippen LogP) is 6.04. The third kappa shape index (κ3) is 4.32. The zero-order valence-electron chi connectivity index (χ0n) is 12.3. The van der Waals surface area contributed by atoms with Crippen molar-refractivity contribution in [1.29, 1.82) is 0 Å². The minimum atomic E-state index is -0.319. The summed E-state index contributed by atoms with van der Waals surface area (Å²) in [5.74, 6) is -0.0578. The number of hydrogen-bond acceptors (Lipinski definition) is 2. The summed E-state index contributed by atoms with van der Waals surface area (Å²) >= 11 is 21.9. The molecule has 0 spiro atoms. The summed E-state index contributed by atoms with van der Waals surface area (Å²) in [6, 6.07) is 7.25. The van der Waals surface area contributed by atoms with Gasteiger partial charge in [0, 0.05) is 15.2 Å². The molecule has 0 aromatic heterocycles. The second-order valence-corrected chi connectivity index (χ2v) is 6.92. The van der Waals surface area contributed by atoms with Gasteiger partial charge in [-0.3, -0.25) is 4.79 Å². The van der Waals surface area contributed by atoms with Gasteiger partial charge >= 0.3 is 0 Å². The first-order valence-electron chi connectivity index (χ1n) is 6.63. The Morgan fingerprint density at radius 3 is 2.30 bits per heavy atom. The SMILES string of the molecule is Cc1c(Cl)c(C)c(Cl)c(OCC(=O)Nc2cccc(Br)c2)c1Cl. The first kappa shape index (κ1) is 18.4. The molecule has 7 heteroatoms. The number of benzene rings is 2. The van der Waals surface area contributed by atoms with E-state index < -0.39 is 0 Å². The predicted molar refractivity (Wildman–Crippen MR) is 99.2 cm³/mol. The molecule has 1 N–H and O–H groups in total. The fourth-order valence-electron chi connectivity index (χ4n) is 1.94. The molecule has 122 valence electrons. The smallest absolute Gasteiger partial charge is 0.262 e. The van der Waals surface area contributed by atoms with Crippen molar-refractivity contribution in [2.45, 2.75) is 13.8 Å². The van der Waals surface area contributed by atoms with E-state index in [1.807, 2.05) is 12.1 Å². The molecule has 0 saturated heterocycles. The maximum Gasteiger partial charge on any atom is 0.262 e. The number of rotatable bonds is 4. The van der Waals surface area contributed by atoms with Crippen LogP contribution < -0.4 is 10.1 Å². The molecule has 0 aliphatic rings. The van der Waals surface area contributed by atoms with Crippen LogP contribution in [0.4, 0.5) is 5.69 Å². The summed E-state index contributed by atoms with van der Waals surface area (Å²) in [4.78, 5) is 12.0. The van der Waals surface area contributed by atoms with Gasteiger partial charge in [0.15, 0.2) is 12.4 Å². The third-order valence-corrected chi connectivity index (χ3v) is 5.14. The third-order valence-electron chi connectivity index (χ3n) is 3.17. The van der Waals surface area contributed by atoms with Crippen molar-refractivity contribution in [2.24, 2.45) is 0 Å². The molecule has 0 atom stereocenters. The van der Waals surface area contributed by atoms with Crippen molar-refractivity contribution < 1.29 is 9.53 Å². The molecule has 0 saturated carbocycles. The molecule has 0 unspecified atom stereocenters. The first-order chi connectivity index (χ1) is 10.8. The molecule has 0 radical (unpaired) electrons. The number of ether oxygens (including phenoxy) is 1. The molecule has 23 heavy (non-hydrogen) atoms. The van der Waals surface area contributed by atoms with E-state index >= 15 is 0 Å². The highest BCUT2D eigenvalue weighted by Crippen LogP contribution is 2.42. The Bertz CT molecular complexity index is 736. The van der Waals surface area contributed by atoms with E-state index in [2.05, 4.69) is 21.2 Å². The Hall–Kier alpha value is -0.940. The molecule has 0 heterocycles. The van der Waals surface area contributed by atoms with E-state index in [0.717, 1.165) is 4.47 Å². The van der Waals surface area contributed by atoms with Crippen molar-refractivity contribution in [3.05, 3.63) is 54.9 Å². The average Bonchev–Trinajstić information content (AvgIpc) is 2.51. The summed E-state index contributed by atoms with van der Waals surface area (Å²) < 4.78 is 6.37. The molecule has 2 aromatic carbocycles. The van der Waals surface area contributed by atoms with E-state index in [-0.39, 0.29) is 18.3 Å². The minimum absolute atomic E-state index is 0.216. The van der Waals surface area contributed by atoms with Gasteiger partial charge in [-0.15, -0.1) is 0 Å². The van der Waals surface area contributed by atoms with Crippen molar-refractivity contribution >= 4 is 62.3 Å². The van der Waals surface area contributed by atoms with Gasteiger partial charge in [-0.05, 0) is 43.2 Å². The summed E-state index contributed by atoms with van der Waals surface area (Å²) in [6.07, 6.45) is 0. The lowest BCUT2D eigenvalue weighted by Crippen LogP contribution is -2.20. The number of anilines is 1. The van der Waals surface area contributed by atoms with Crippen molar-refractivity contribution in [2.75, 3.05) is 11.9 Å². The molecule has 3 nitrogen and oxygen atoms in total. The molecule has 0 bridgehead atoms. The van der Waals surface area contributed by atoms with Crippen LogP contribution >= 0.6 is 50.7 Å². The van der Waals surface area contributed by atoms with Crippen LogP contribution in [-0.4, -0.2) is 12.5 Å². The number of carbonyl (C=O) groups is 1. The van der Waals surface area contributed by atoms with Crippen LogP contribution in [0.1, 0.15) is 11.1 Å². The summed E-state index contributed by atoms with van der Waals surface area (Å²) in [7, 11) is 0. The number of nitrogens with one attached hydrogen (secondary N) is 1. The average molecular weight is 438 g/mol. The van der Waals surface area contributed by atoms with Crippen LogP contribution in [0.3, 0.4) is 0 Å². The second kappa shape index (κ2) is 7.75. The molecule has 0 fully saturated rings. The Labute approximate surface area is 158 Å². The molecular formula is C16H13BrCl3NO2. The number of amides is 1. The van der Waals surface area contributed by atoms with Gasteiger partial charge in [-0.1, -0.05) is 56.8 Å². The fraction of sp³-hybridized carbons (Fsp3) is 0.188. The van der Waals surface area contributed by atoms with Crippen LogP contribution in [0.2, 0.25) is 15.1 Å². The maximum atomic E-state index is 12.0. The van der Waals surface area contributed by atoms with E-state index in [1.54, 1.807) is 26.0 Å². The zero-order valence-corrected chi connectivity index (χ0v) is 16.2. The number of carbonyl (C=O) groups excluding carboxylic acids is 1. The van der Waals surface area contributed by atoms with Crippen LogP contribution in [0.5, 0.6) is 5.75 Å². The van der Waals surface area contributed by atoms with Crippen LogP contribution in [-0.2, 0) is 4.79 Å². The quantitative estimate of drug-likeness (QED) is 0.633. The molecule has 0 aliphatic carbocycles. The monoisotopic (exact) mass is 435 g/mol. The Morgan fingerprint density at radius 2 is 1.74 bits per heavy atom. The summed E-state index contributed by atoms with van der Waals surface area (Å²) in [5, 5.41) is 3.83. The van der Waals surface area contributed by atoms with Gasteiger partial charge in [0.05, 0.1) is 10.0 Å². The standard InChI is InChI=1S/C16H13BrCl3NO2/c1-8-13(18)9(2)15(20)16(14(8)19)23-7-12(22)21-11-5-3-4-10(17)6-11/h3-6H,7H2,1-2H3,(H,21,22). The summed E-state index contributed by atoms with van der Waals surface area (Å²) in [5.41, 5.74) is 1.99. The van der Waals surface area contributed by atoms with E-state index in [9.17, 15) is 4.79 Å². The van der Waals surface area contributed by atoms with E-state index in [0.29, 0.717) is 31.9 Å². The highest BCUT2D eigenvalue weighted by atomic mass is 79.9. The lowest BCUT2D eigenvalue weighted by Gasteiger charge is -2.15. The van der Waals surface area contributed by atoms with Gasteiger partial charge in [0.1, 0.15) is 0 Å². The highest BCUT2D eigenvalue weighted by molar-refractivity contribution is 9.10. The number of halogens is 4. The van der Waals surface area contributed by atoms with Gasteiger partial charge in [-0.2, -0.15) is 0 Å². The van der Waals surface area contributed by atoms with Gasteiger partial charge in [0.2, 0.25) is 0 Å². The summed E-state index contributed by atoms with van der Waals surface area (Å²) in [6.45, 7) is 3.32. The normalized spacial score (nSPS) is 10.5. The van der Waals surface area contributed by atoms with Crippen LogP contribution in [0.25, 0.3) is 0 Å². The lowest BCUT2D eigenvalue weighted by molar-refractivity contribution is -0.118. The van der Waals surface area contributed by atoms with Crippen molar-refractivity contribution in [3.8, 4) is 5.75 Å². The zero-order chi connectivity index (χ0) is 17.1. The largest absolute Gasteiger partial charge is 0.481 e. The molecule has 0 aliphatic heterocycles. The minimum Gasteiger partial charge on any atom is -0.481 e. The molecule has 1 amide bonds. The Balaban J connectivity index is 2.11. The van der Waals surface area contributed by atoms with E-state index in [4.69, 9.17) is 39.5 Å². The van der Waals surface area contributed by atoms with Crippen LogP contribution in [0.15, 0.2) is 28.7 Å². The Morgan fingerprint density at radius 1 is 1.13 bits per heavy atom. The number of hydrogen-bond donors (Lipinski definition) is 1. The molecule has 2 rings (SSSR count). The lowest BCUT2D eigenvalue weighted by atomic mass is 10.1. The van der Waals surface area contributed by atoms with Gasteiger partial charge < -0.3 is 10.1 Å². The van der Waals surface area contributed by atoms with Crippen molar-refractivity contribution in [3.63, 3.8) is 0 Å². The second-order valence-electron chi connectivity index (χ2n) is 4.87. The Kier molecular flexibility index (Phi) is 6.20. The molecule has 2 aromatic rings. The highest BCUT2D eigenvalue weighted by Gasteiger charge is 2.18. The van der Waals surface area contributed by atoms with Crippen LogP contribution in [0, 0.1) is 13.8 Å². The van der Waals surface area contributed by atoms with Gasteiger partial charge in [0.25, 0.3) is 5.91 Å². The van der Waals surface area contributed by atoms with E-state index in [1.165, 1.54) is 0 Å². The molecular weight excluding hydrogens is 424 g/mol. The van der Waals surface area contributed by atoms with Gasteiger partial charge in [-0.25, -0.2) is 0 Å². The maximum absolute atomic E-state index is 12.0.